The lowest BCUT2D eigenvalue weighted by atomic mass is 10.1. The zero-order valence-corrected chi connectivity index (χ0v) is 18.4. The number of halogens is 1. The SMILES string of the molecule is CCCOc1ccc(C(=O)Nc2ccc(Cl)c(-c3nc4cc(C)cc(C)c4o3)c2)cc1. The van der Waals surface area contributed by atoms with Crippen LogP contribution in [-0.4, -0.2) is 17.5 Å². The van der Waals surface area contributed by atoms with Gasteiger partial charge in [0, 0.05) is 11.3 Å². The van der Waals surface area contributed by atoms with Crippen molar-refractivity contribution >= 4 is 34.3 Å². The van der Waals surface area contributed by atoms with Crippen LogP contribution in [0.1, 0.15) is 34.8 Å². The molecular formula is C25H23ClN2O3. The van der Waals surface area contributed by atoms with Crippen molar-refractivity contribution in [3.05, 3.63) is 76.3 Å². The van der Waals surface area contributed by atoms with E-state index in [2.05, 4.69) is 10.3 Å². The highest BCUT2D eigenvalue weighted by Crippen LogP contribution is 2.33. The Kier molecular flexibility index (Phi) is 5.96. The summed E-state index contributed by atoms with van der Waals surface area (Å²) in [6, 6.07) is 16.3. The fourth-order valence-electron chi connectivity index (χ4n) is 3.38. The van der Waals surface area contributed by atoms with E-state index in [1.165, 1.54) is 0 Å². The third kappa shape index (κ3) is 4.57. The average Bonchev–Trinajstić information content (AvgIpc) is 3.18. The van der Waals surface area contributed by atoms with Crippen LogP contribution in [0.25, 0.3) is 22.6 Å². The molecule has 3 aromatic carbocycles. The van der Waals surface area contributed by atoms with Crippen LogP contribution >= 0.6 is 11.6 Å². The van der Waals surface area contributed by atoms with Gasteiger partial charge in [0.05, 0.1) is 17.2 Å². The molecule has 0 bridgehead atoms. The van der Waals surface area contributed by atoms with Crippen molar-refractivity contribution in [2.45, 2.75) is 27.2 Å². The molecule has 5 nitrogen and oxygen atoms in total. The Hall–Kier alpha value is -3.31. The minimum Gasteiger partial charge on any atom is -0.494 e. The molecule has 0 aliphatic rings. The number of nitrogens with one attached hydrogen (secondary N) is 1. The molecule has 1 heterocycles. The van der Waals surface area contributed by atoms with Gasteiger partial charge in [-0.25, -0.2) is 4.98 Å². The summed E-state index contributed by atoms with van der Waals surface area (Å²) < 4.78 is 11.6. The first-order chi connectivity index (χ1) is 14.9. The molecule has 0 atom stereocenters. The van der Waals surface area contributed by atoms with Crippen LogP contribution in [0.3, 0.4) is 0 Å². The normalized spacial score (nSPS) is 11.0. The molecule has 158 valence electrons. The number of carbonyl (C=O) groups is 1. The number of aromatic nitrogens is 1. The Labute approximate surface area is 186 Å². The Bertz CT molecular complexity index is 1250. The molecule has 0 radical (unpaired) electrons. The Morgan fingerprint density at radius 3 is 2.61 bits per heavy atom. The lowest BCUT2D eigenvalue weighted by molar-refractivity contribution is 0.102. The van der Waals surface area contributed by atoms with Gasteiger partial charge >= 0.3 is 0 Å². The molecule has 1 N–H and O–H groups in total. The van der Waals surface area contributed by atoms with E-state index >= 15 is 0 Å². The van der Waals surface area contributed by atoms with E-state index in [4.69, 9.17) is 20.8 Å². The predicted molar refractivity (Wildman–Crippen MR) is 124 cm³/mol. The topological polar surface area (TPSA) is 64.4 Å². The van der Waals surface area contributed by atoms with Crippen molar-refractivity contribution in [2.24, 2.45) is 0 Å². The van der Waals surface area contributed by atoms with Gasteiger partial charge in [-0.05, 0) is 79.9 Å². The fraction of sp³-hybridized carbons (Fsp3) is 0.200. The molecule has 4 aromatic rings. The van der Waals surface area contributed by atoms with E-state index in [0.717, 1.165) is 34.4 Å². The largest absolute Gasteiger partial charge is 0.494 e. The monoisotopic (exact) mass is 434 g/mol. The Morgan fingerprint density at radius 1 is 1.10 bits per heavy atom. The van der Waals surface area contributed by atoms with E-state index in [1.54, 1.807) is 42.5 Å². The molecule has 1 amide bonds. The number of rotatable bonds is 6. The number of anilines is 1. The van der Waals surface area contributed by atoms with Crippen molar-refractivity contribution in [2.75, 3.05) is 11.9 Å². The number of hydrogen-bond acceptors (Lipinski definition) is 4. The van der Waals surface area contributed by atoms with Crippen molar-refractivity contribution in [3.63, 3.8) is 0 Å². The smallest absolute Gasteiger partial charge is 0.255 e. The van der Waals surface area contributed by atoms with Crippen molar-refractivity contribution < 1.29 is 13.9 Å². The van der Waals surface area contributed by atoms with E-state index < -0.39 is 0 Å². The maximum Gasteiger partial charge on any atom is 0.255 e. The second-order valence-electron chi connectivity index (χ2n) is 7.47. The second kappa shape index (κ2) is 8.82. The standard InChI is InChI=1S/C25H23ClN2O3/c1-4-11-30-19-8-5-17(6-9-19)24(29)27-18-7-10-21(26)20(14-18)25-28-22-13-15(2)12-16(3)23(22)31-25/h5-10,12-14H,4,11H2,1-3H3,(H,27,29). The lowest BCUT2D eigenvalue weighted by Gasteiger charge is -2.09. The van der Waals surface area contributed by atoms with Crippen molar-refractivity contribution in [1.29, 1.82) is 0 Å². The number of oxazole rings is 1. The van der Waals surface area contributed by atoms with Gasteiger partial charge in [-0.1, -0.05) is 24.6 Å². The van der Waals surface area contributed by atoms with Crippen LogP contribution in [0.2, 0.25) is 5.02 Å². The van der Waals surface area contributed by atoms with Crippen LogP contribution in [0.5, 0.6) is 5.75 Å². The number of nitrogens with zero attached hydrogens (tertiary/aromatic N) is 1. The molecule has 0 aliphatic carbocycles. The molecule has 0 saturated carbocycles. The minimum absolute atomic E-state index is 0.223. The maximum absolute atomic E-state index is 12.7. The number of benzene rings is 3. The van der Waals surface area contributed by atoms with Crippen LogP contribution < -0.4 is 10.1 Å². The first kappa shape index (κ1) is 20.9. The zero-order valence-electron chi connectivity index (χ0n) is 17.7. The van der Waals surface area contributed by atoms with E-state index in [1.807, 2.05) is 32.9 Å². The van der Waals surface area contributed by atoms with E-state index in [-0.39, 0.29) is 5.91 Å². The number of carbonyl (C=O) groups excluding carboxylic acids is 1. The predicted octanol–water partition coefficient (Wildman–Crippen LogP) is 6.81. The van der Waals surface area contributed by atoms with E-state index in [9.17, 15) is 4.79 Å². The Morgan fingerprint density at radius 2 is 1.87 bits per heavy atom. The Balaban J connectivity index is 1.58. The van der Waals surface area contributed by atoms with Gasteiger partial charge < -0.3 is 14.5 Å². The van der Waals surface area contributed by atoms with Gasteiger partial charge in [-0.3, -0.25) is 4.79 Å². The third-order valence-electron chi connectivity index (χ3n) is 4.86. The van der Waals surface area contributed by atoms with Gasteiger partial charge in [0.25, 0.3) is 5.91 Å². The first-order valence-corrected chi connectivity index (χ1v) is 10.5. The molecule has 4 rings (SSSR count). The molecular weight excluding hydrogens is 412 g/mol. The van der Waals surface area contributed by atoms with Crippen LogP contribution in [-0.2, 0) is 0 Å². The van der Waals surface area contributed by atoms with Gasteiger partial charge in [0.1, 0.15) is 11.3 Å². The molecule has 6 heteroatoms. The number of fused-ring (bicyclic) bond motifs is 1. The highest BCUT2D eigenvalue weighted by molar-refractivity contribution is 6.33. The highest BCUT2D eigenvalue weighted by atomic mass is 35.5. The van der Waals surface area contributed by atoms with Gasteiger partial charge in [-0.2, -0.15) is 0 Å². The molecule has 31 heavy (non-hydrogen) atoms. The average molecular weight is 435 g/mol. The molecule has 0 aliphatic heterocycles. The van der Waals surface area contributed by atoms with Gasteiger partial charge in [0.2, 0.25) is 5.89 Å². The maximum atomic E-state index is 12.7. The zero-order chi connectivity index (χ0) is 22.0. The fourth-order valence-corrected chi connectivity index (χ4v) is 3.58. The number of aryl methyl sites for hydroxylation is 2. The summed E-state index contributed by atoms with van der Waals surface area (Å²) in [6.45, 7) is 6.70. The van der Waals surface area contributed by atoms with Crippen LogP contribution in [0.15, 0.2) is 59.0 Å². The molecule has 1 aromatic heterocycles. The summed E-state index contributed by atoms with van der Waals surface area (Å²) in [5.74, 6) is 0.940. The summed E-state index contributed by atoms with van der Waals surface area (Å²) in [5.41, 5.74) is 5.40. The van der Waals surface area contributed by atoms with Crippen LogP contribution in [0.4, 0.5) is 5.69 Å². The summed E-state index contributed by atoms with van der Waals surface area (Å²) in [4.78, 5) is 17.3. The first-order valence-electron chi connectivity index (χ1n) is 10.2. The minimum atomic E-state index is -0.223. The third-order valence-corrected chi connectivity index (χ3v) is 5.19. The molecule has 0 fully saturated rings. The van der Waals surface area contributed by atoms with Gasteiger partial charge in [-0.15, -0.1) is 0 Å². The van der Waals surface area contributed by atoms with Crippen LogP contribution in [0, 0.1) is 13.8 Å². The van der Waals surface area contributed by atoms with Crippen molar-refractivity contribution in [1.82, 2.24) is 4.98 Å². The molecule has 0 unspecified atom stereocenters. The number of amides is 1. The quantitative estimate of drug-likeness (QED) is 0.362. The second-order valence-corrected chi connectivity index (χ2v) is 7.88. The molecule has 0 saturated heterocycles. The lowest BCUT2D eigenvalue weighted by Crippen LogP contribution is -2.11. The highest BCUT2D eigenvalue weighted by Gasteiger charge is 2.15. The van der Waals surface area contributed by atoms with E-state index in [0.29, 0.717) is 34.3 Å². The number of hydrogen-bond donors (Lipinski definition) is 1. The summed E-state index contributed by atoms with van der Waals surface area (Å²) in [5, 5.41) is 3.40. The van der Waals surface area contributed by atoms with Gasteiger partial charge in [0.15, 0.2) is 5.58 Å². The van der Waals surface area contributed by atoms with Crippen molar-refractivity contribution in [3.8, 4) is 17.2 Å². The summed E-state index contributed by atoms with van der Waals surface area (Å²) in [6.07, 6.45) is 0.931. The summed E-state index contributed by atoms with van der Waals surface area (Å²) >= 11 is 6.42. The summed E-state index contributed by atoms with van der Waals surface area (Å²) in [7, 11) is 0. The molecule has 0 spiro atoms. The number of ether oxygens (including phenoxy) is 1.